The minimum absolute atomic E-state index is 0.0398. The number of aryl methyl sites for hydroxylation is 1. The molecule has 0 saturated carbocycles. The van der Waals surface area contributed by atoms with Crippen LogP contribution in [0.5, 0.6) is 11.5 Å². The molecule has 0 spiro atoms. The number of methoxy groups -OCH3 is 2. The van der Waals surface area contributed by atoms with Crippen LogP contribution in [-0.4, -0.2) is 20.1 Å². The molecule has 122 valence electrons. The second-order valence-corrected chi connectivity index (χ2v) is 5.51. The zero-order valence-electron chi connectivity index (χ0n) is 14.1. The van der Waals surface area contributed by atoms with Crippen LogP contribution < -0.4 is 14.8 Å². The van der Waals surface area contributed by atoms with Crippen molar-refractivity contribution in [3.8, 4) is 11.5 Å². The highest BCUT2D eigenvalue weighted by Gasteiger charge is 2.14. The van der Waals surface area contributed by atoms with E-state index in [4.69, 9.17) is 9.47 Å². The first-order valence-electron chi connectivity index (χ1n) is 7.61. The van der Waals surface area contributed by atoms with Crippen molar-refractivity contribution in [3.63, 3.8) is 0 Å². The Balaban J connectivity index is 2.11. The number of amides is 1. The average molecular weight is 313 g/mol. The molecule has 4 heteroatoms. The highest BCUT2D eigenvalue weighted by molar-refractivity contribution is 5.80. The molecule has 0 radical (unpaired) electrons. The molecule has 0 aliphatic heterocycles. The number of benzene rings is 2. The SMILES string of the molecule is COc1cc(CC(=O)NC(C)c2ccccc2)c(OC)cc1C. The molecule has 1 amide bonds. The molecule has 0 aromatic heterocycles. The van der Waals surface area contributed by atoms with Crippen LogP contribution in [0.25, 0.3) is 0 Å². The van der Waals surface area contributed by atoms with Crippen LogP contribution in [0.3, 0.4) is 0 Å². The van der Waals surface area contributed by atoms with Crippen molar-refractivity contribution in [2.24, 2.45) is 0 Å². The first-order chi connectivity index (χ1) is 11.0. The summed E-state index contributed by atoms with van der Waals surface area (Å²) in [7, 11) is 3.23. The summed E-state index contributed by atoms with van der Waals surface area (Å²) in [5, 5.41) is 3.01. The highest BCUT2D eigenvalue weighted by Crippen LogP contribution is 2.28. The Morgan fingerprint density at radius 3 is 2.35 bits per heavy atom. The number of ether oxygens (including phenoxy) is 2. The van der Waals surface area contributed by atoms with Gasteiger partial charge in [0.2, 0.25) is 5.91 Å². The molecule has 0 saturated heterocycles. The van der Waals surface area contributed by atoms with E-state index in [0.717, 1.165) is 22.4 Å². The van der Waals surface area contributed by atoms with Crippen molar-refractivity contribution in [3.05, 3.63) is 59.2 Å². The van der Waals surface area contributed by atoms with Crippen molar-refractivity contribution < 1.29 is 14.3 Å². The van der Waals surface area contributed by atoms with Crippen LogP contribution >= 0.6 is 0 Å². The third-order valence-electron chi connectivity index (χ3n) is 3.83. The van der Waals surface area contributed by atoms with Crippen LogP contribution in [0.4, 0.5) is 0 Å². The first kappa shape index (κ1) is 16.9. The predicted molar refractivity (Wildman–Crippen MR) is 91.0 cm³/mol. The molecule has 2 aromatic carbocycles. The highest BCUT2D eigenvalue weighted by atomic mass is 16.5. The molecule has 0 aliphatic rings. The topological polar surface area (TPSA) is 47.6 Å². The van der Waals surface area contributed by atoms with Crippen LogP contribution in [0.15, 0.2) is 42.5 Å². The first-order valence-corrected chi connectivity index (χ1v) is 7.61. The van der Waals surface area contributed by atoms with Crippen LogP contribution in [0.2, 0.25) is 0 Å². The summed E-state index contributed by atoms with van der Waals surface area (Å²) in [5.74, 6) is 1.40. The third-order valence-corrected chi connectivity index (χ3v) is 3.83. The Bertz CT molecular complexity index is 668. The lowest BCUT2D eigenvalue weighted by Crippen LogP contribution is -2.28. The van der Waals surface area contributed by atoms with E-state index in [1.807, 2.05) is 56.3 Å². The number of carbonyl (C=O) groups excluding carboxylic acids is 1. The standard InChI is InChI=1S/C19H23NO3/c1-13-10-18(23-4)16(11-17(13)22-3)12-19(21)20-14(2)15-8-6-5-7-9-15/h5-11,14H,12H2,1-4H3,(H,20,21). The summed E-state index contributed by atoms with van der Waals surface area (Å²) < 4.78 is 10.7. The summed E-state index contributed by atoms with van der Waals surface area (Å²) in [5.41, 5.74) is 2.87. The van der Waals surface area contributed by atoms with E-state index in [2.05, 4.69) is 5.32 Å². The normalized spacial score (nSPS) is 11.7. The third kappa shape index (κ3) is 4.25. The minimum Gasteiger partial charge on any atom is -0.496 e. The Morgan fingerprint density at radius 1 is 1.09 bits per heavy atom. The lowest BCUT2D eigenvalue weighted by atomic mass is 10.1. The summed E-state index contributed by atoms with van der Waals surface area (Å²) in [6.07, 6.45) is 0.247. The molecule has 1 unspecified atom stereocenters. The van der Waals surface area contributed by atoms with E-state index in [-0.39, 0.29) is 18.4 Å². The number of carbonyl (C=O) groups is 1. The second-order valence-electron chi connectivity index (χ2n) is 5.51. The van der Waals surface area contributed by atoms with Gasteiger partial charge in [-0.2, -0.15) is 0 Å². The average Bonchev–Trinajstić information content (AvgIpc) is 2.56. The number of hydrogen-bond acceptors (Lipinski definition) is 3. The van der Waals surface area contributed by atoms with E-state index in [1.54, 1.807) is 14.2 Å². The molecule has 1 atom stereocenters. The van der Waals surface area contributed by atoms with Gasteiger partial charge in [-0.15, -0.1) is 0 Å². The zero-order chi connectivity index (χ0) is 16.8. The largest absolute Gasteiger partial charge is 0.496 e. The van der Waals surface area contributed by atoms with Crippen molar-refractivity contribution >= 4 is 5.91 Å². The number of hydrogen-bond donors (Lipinski definition) is 1. The predicted octanol–water partition coefficient (Wildman–Crippen LogP) is 3.43. The molecule has 23 heavy (non-hydrogen) atoms. The summed E-state index contributed by atoms with van der Waals surface area (Å²) in [6, 6.07) is 13.6. The molecular formula is C19H23NO3. The Morgan fingerprint density at radius 2 is 1.74 bits per heavy atom. The maximum Gasteiger partial charge on any atom is 0.225 e. The zero-order valence-corrected chi connectivity index (χ0v) is 14.1. The molecule has 0 heterocycles. The fourth-order valence-corrected chi connectivity index (χ4v) is 2.54. The monoisotopic (exact) mass is 313 g/mol. The van der Waals surface area contributed by atoms with Gasteiger partial charge in [-0.1, -0.05) is 30.3 Å². The van der Waals surface area contributed by atoms with Crippen molar-refractivity contribution in [2.45, 2.75) is 26.3 Å². The summed E-state index contributed by atoms with van der Waals surface area (Å²) in [4.78, 5) is 12.3. The van der Waals surface area contributed by atoms with E-state index in [9.17, 15) is 4.79 Å². The van der Waals surface area contributed by atoms with Crippen molar-refractivity contribution in [1.29, 1.82) is 0 Å². The summed E-state index contributed by atoms with van der Waals surface area (Å²) >= 11 is 0. The lowest BCUT2D eigenvalue weighted by molar-refractivity contribution is -0.121. The maximum absolute atomic E-state index is 12.3. The molecule has 0 aliphatic carbocycles. The smallest absolute Gasteiger partial charge is 0.225 e. The minimum atomic E-state index is -0.0504. The van der Waals surface area contributed by atoms with E-state index in [0.29, 0.717) is 5.75 Å². The molecule has 2 aromatic rings. The van der Waals surface area contributed by atoms with Gasteiger partial charge >= 0.3 is 0 Å². The number of nitrogens with one attached hydrogen (secondary N) is 1. The second kappa shape index (κ2) is 7.68. The molecule has 0 bridgehead atoms. The molecule has 2 rings (SSSR count). The van der Waals surface area contributed by atoms with Gasteiger partial charge in [-0.3, -0.25) is 4.79 Å². The van der Waals surface area contributed by atoms with Gasteiger partial charge in [0.25, 0.3) is 0 Å². The van der Waals surface area contributed by atoms with Crippen LogP contribution in [-0.2, 0) is 11.2 Å². The Labute approximate surface area is 137 Å². The van der Waals surface area contributed by atoms with Gasteiger partial charge in [0.15, 0.2) is 0 Å². The fraction of sp³-hybridized carbons (Fsp3) is 0.316. The van der Waals surface area contributed by atoms with Gasteiger partial charge in [0.05, 0.1) is 26.7 Å². The van der Waals surface area contributed by atoms with Crippen LogP contribution in [0, 0.1) is 6.92 Å². The van der Waals surface area contributed by atoms with Crippen molar-refractivity contribution in [2.75, 3.05) is 14.2 Å². The Hall–Kier alpha value is -2.49. The van der Waals surface area contributed by atoms with Crippen LogP contribution in [0.1, 0.15) is 29.7 Å². The van der Waals surface area contributed by atoms with Gasteiger partial charge in [0.1, 0.15) is 11.5 Å². The quantitative estimate of drug-likeness (QED) is 0.889. The Kier molecular flexibility index (Phi) is 5.63. The maximum atomic E-state index is 12.3. The van der Waals surface area contributed by atoms with Crippen molar-refractivity contribution in [1.82, 2.24) is 5.32 Å². The molecule has 0 fully saturated rings. The number of rotatable bonds is 6. The molecular weight excluding hydrogens is 290 g/mol. The molecule has 4 nitrogen and oxygen atoms in total. The van der Waals surface area contributed by atoms with Gasteiger partial charge in [0, 0.05) is 5.56 Å². The lowest BCUT2D eigenvalue weighted by Gasteiger charge is -2.16. The van der Waals surface area contributed by atoms with E-state index >= 15 is 0 Å². The fourth-order valence-electron chi connectivity index (χ4n) is 2.54. The molecule has 1 N–H and O–H groups in total. The summed E-state index contributed by atoms with van der Waals surface area (Å²) in [6.45, 7) is 3.92. The van der Waals surface area contributed by atoms with E-state index < -0.39 is 0 Å². The van der Waals surface area contributed by atoms with E-state index in [1.165, 1.54) is 0 Å². The van der Waals surface area contributed by atoms with Gasteiger partial charge < -0.3 is 14.8 Å². The van der Waals surface area contributed by atoms with Gasteiger partial charge in [-0.05, 0) is 37.1 Å². The van der Waals surface area contributed by atoms with Gasteiger partial charge in [-0.25, -0.2) is 0 Å².